The third kappa shape index (κ3) is 3.45. The molecule has 104 valence electrons. The van der Waals surface area contributed by atoms with Crippen molar-refractivity contribution < 1.29 is 4.79 Å². The third-order valence-corrected chi connectivity index (χ3v) is 3.27. The molecule has 2 rings (SSSR count). The van der Waals surface area contributed by atoms with Crippen LogP contribution in [-0.4, -0.2) is 24.4 Å². The first-order valence-corrected chi connectivity index (χ1v) is 6.79. The molecule has 2 aromatic carbocycles. The Morgan fingerprint density at radius 2 is 1.70 bits per heavy atom. The van der Waals surface area contributed by atoms with Gasteiger partial charge in [-0.3, -0.25) is 4.79 Å². The van der Waals surface area contributed by atoms with Crippen molar-refractivity contribution in [3.8, 4) is 0 Å². The number of carbonyl (C=O) groups excluding carboxylic acids is 1. The van der Waals surface area contributed by atoms with Crippen LogP contribution >= 0.6 is 0 Å². The number of nitrogens with two attached hydrogens (primary N) is 1. The summed E-state index contributed by atoms with van der Waals surface area (Å²) in [5.74, 6) is 0.0397. The fourth-order valence-corrected chi connectivity index (χ4v) is 2.24. The van der Waals surface area contributed by atoms with Crippen molar-refractivity contribution >= 4 is 5.91 Å². The second kappa shape index (κ2) is 6.87. The maximum atomic E-state index is 12.5. The molecule has 0 aliphatic rings. The van der Waals surface area contributed by atoms with Gasteiger partial charge >= 0.3 is 0 Å². The maximum Gasteiger partial charge on any atom is 0.254 e. The van der Waals surface area contributed by atoms with E-state index in [2.05, 4.69) is 0 Å². The van der Waals surface area contributed by atoms with Gasteiger partial charge < -0.3 is 10.6 Å². The molecule has 2 aromatic rings. The largest absolute Gasteiger partial charge is 0.337 e. The molecule has 0 unspecified atom stereocenters. The van der Waals surface area contributed by atoms with Crippen LogP contribution in [0.25, 0.3) is 0 Å². The molecule has 20 heavy (non-hydrogen) atoms. The zero-order chi connectivity index (χ0) is 14.4. The summed E-state index contributed by atoms with van der Waals surface area (Å²) in [6, 6.07) is 17.7. The first-order chi connectivity index (χ1) is 9.72. The summed E-state index contributed by atoms with van der Waals surface area (Å²) in [6.45, 7) is 1.16. The Bertz CT molecular complexity index is 566. The maximum absolute atomic E-state index is 12.5. The monoisotopic (exact) mass is 268 g/mol. The summed E-state index contributed by atoms with van der Waals surface area (Å²) < 4.78 is 0. The number of carbonyl (C=O) groups is 1. The van der Waals surface area contributed by atoms with E-state index in [0.717, 1.165) is 23.1 Å². The average Bonchev–Trinajstić information content (AvgIpc) is 2.48. The second-order valence-electron chi connectivity index (χ2n) is 4.84. The van der Waals surface area contributed by atoms with Crippen molar-refractivity contribution in [1.29, 1.82) is 0 Å². The third-order valence-electron chi connectivity index (χ3n) is 3.27. The number of hydrogen-bond donors (Lipinski definition) is 1. The number of nitrogens with zero attached hydrogens (tertiary/aromatic N) is 1. The Kier molecular flexibility index (Phi) is 4.91. The van der Waals surface area contributed by atoms with Gasteiger partial charge in [0.15, 0.2) is 0 Å². The lowest BCUT2D eigenvalue weighted by molar-refractivity contribution is 0.0784. The lowest BCUT2D eigenvalue weighted by Gasteiger charge is -2.19. The van der Waals surface area contributed by atoms with Crippen LogP contribution in [0, 0.1) is 0 Å². The second-order valence-corrected chi connectivity index (χ2v) is 4.84. The van der Waals surface area contributed by atoms with Crippen molar-refractivity contribution in [1.82, 2.24) is 4.90 Å². The summed E-state index contributed by atoms with van der Waals surface area (Å²) in [7, 11) is 1.83. The zero-order valence-electron chi connectivity index (χ0n) is 11.8. The van der Waals surface area contributed by atoms with Crippen molar-refractivity contribution in [2.45, 2.75) is 13.0 Å². The number of amides is 1. The Labute approximate surface area is 120 Å². The highest BCUT2D eigenvalue weighted by Crippen LogP contribution is 2.13. The zero-order valence-corrected chi connectivity index (χ0v) is 11.8. The Hall–Kier alpha value is -2.13. The van der Waals surface area contributed by atoms with E-state index in [4.69, 9.17) is 5.73 Å². The van der Waals surface area contributed by atoms with E-state index in [1.165, 1.54) is 0 Å². The van der Waals surface area contributed by atoms with Gasteiger partial charge in [0.1, 0.15) is 0 Å². The highest BCUT2D eigenvalue weighted by atomic mass is 16.2. The molecule has 0 saturated heterocycles. The van der Waals surface area contributed by atoms with E-state index in [0.29, 0.717) is 13.1 Å². The summed E-state index contributed by atoms with van der Waals surface area (Å²) in [6.07, 6.45) is 0.723. The standard InChI is InChI=1S/C17H20N2O/c1-19(13-14-7-3-2-4-8-14)17(20)16-10-6-5-9-15(16)11-12-18/h2-10H,11-13,18H2,1H3. The molecule has 0 atom stereocenters. The lowest BCUT2D eigenvalue weighted by atomic mass is 10.0. The smallest absolute Gasteiger partial charge is 0.254 e. The van der Waals surface area contributed by atoms with Gasteiger partial charge in [-0.05, 0) is 30.2 Å². The van der Waals surface area contributed by atoms with Crippen LogP contribution in [0.3, 0.4) is 0 Å². The van der Waals surface area contributed by atoms with Gasteiger partial charge in [0.05, 0.1) is 0 Å². The molecule has 3 heteroatoms. The predicted octanol–water partition coefficient (Wildman–Crippen LogP) is 2.46. The highest BCUT2D eigenvalue weighted by molar-refractivity contribution is 5.95. The number of benzene rings is 2. The molecule has 1 amide bonds. The van der Waals surface area contributed by atoms with Crippen LogP contribution in [0.4, 0.5) is 0 Å². The minimum absolute atomic E-state index is 0.0397. The molecule has 0 aromatic heterocycles. The summed E-state index contributed by atoms with van der Waals surface area (Å²) >= 11 is 0. The van der Waals surface area contributed by atoms with Gasteiger partial charge in [0.2, 0.25) is 0 Å². The Morgan fingerprint density at radius 1 is 1.05 bits per heavy atom. The molecule has 0 aliphatic heterocycles. The van der Waals surface area contributed by atoms with Gasteiger partial charge in [-0.25, -0.2) is 0 Å². The van der Waals surface area contributed by atoms with E-state index in [9.17, 15) is 4.79 Å². The number of hydrogen-bond acceptors (Lipinski definition) is 2. The van der Waals surface area contributed by atoms with Crippen LogP contribution in [0.15, 0.2) is 54.6 Å². The topological polar surface area (TPSA) is 46.3 Å². The molecule has 0 bridgehead atoms. The Balaban J connectivity index is 2.14. The Morgan fingerprint density at radius 3 is 2.40 bits per heavy atom. The van der Waals surface area contributed by atoms with Gasteiger partial charge in [-0.1, -0.05) is 48.5 Å². The van der Waals surface area contributed by atoms with E-state index in [1.807, 2.05) is 61.6 Å². The van der Waals surface area contributed by atoms with Crippen molar-refractivity contribution in [3.05, 3.63) is 71.3 Å². The van der Waals surface area contributed by atoms with Crippen molar-refractivity contribution in [2.24, 2.45) is 5.73 Å². The molecular weight excluding hydrogens is 248 g/mol. The van der Waals surface area contributed by atoms with Gasteiger partial charge in [0, 0.05) is 19.2 Å². The summed E-state index contributed by atoms with van der Waals surface area (Å²) in [4.78, 5) is 14.3. The highest BCUT2D eigenvalue weighted by Gasteiger charge is 2.15. The SMILES string of the molecule is CN(Cc1ccccc1)C(=O)c1ccccc1CCN. The predicted molar refractivity (Wildman–Crippen MR) is 81.4 cm³/mol. The molecule has 0 aliphatic carbocycles. The fraction of sp³-hybridized carbons (Fsp3) is 0.235. The van der Waals surface area contributed by atoms with E-state index >= 15 is 0 Å². The first-order valence-electron chi connectivity index (χ1n) is 6.79. The summed E-state index contributed by atoms with van der Waals surface area (Å²) in [5, 5.41) is 0. The molecule has 0 fully saturated rings. The average molecular weight is 268 g/mol. The first kappa shape index (κ1) is 14.3. The lowest BCUT2D eigenvalue weighted by Crippen LogP contribution is -2.27. The molecule has 0 spiro atoms. The number of rotatable bonds is 5. The minimum atomic E-state index is 0.0397. The molecule has 0 saturated carbocycles. The molecule has 3 nitrogen and oxygen atoms in total. The van der Waals surface area contributed by atoms with Gasteiger partial charge in [0.25, 0.3) is 5.91 Å². The van der Waals surface area contributed by atoms with Crippen molar-refractivity contribution in [2.75, 3.05) is 13.6 Å². The molecule has 0 heterocycles. The van der Waals surface area contributed by atoms with Gasteiger partial charge in [-0.15, -0.1) is 0 Å². The van der Waals surface area contributed by atoms with E-state index < -0.39 is 0 Å². The quantitative estimate of drug-likeness (QED) is 0.905. The van der Waals surface area contributed by atoms with Crippen LogP contribution in [0.5, 0.6) is 0 Å². The van der Waals surface area contributed by atoms with E-state index in [1.54, 1.807) is 4.90 Å². The molecule has 0 radical (unpaired) electrons. The van der Waals surface area contributed by atoms with E-state index in [-0.39, 0.29) is 5.91 Å². The van der Waals surface area contributed by atoms with Crippen LogP contribution in [-0.2, 0) is 13.0 Å². The molecule has 2 N–H and O–H groups in total. The summed E-state index contributed by atoms with van der Waals surface area (Å²) in [5.41, 5.74) is 8.49. The van der Waals surface area contributed by atoms with Crippen LogP contribution in [0.2, 0.25) is 0 Å². The fourth-order valence-electron chi connectivity index (χ4n) is 2.24. The minimum Gasteiger partial charge on any atom is -0.337 e. The van der Waals surface area contributed by atoms with Crippen LogP contribution in [0.1, 0.15) is 21.5 Å². The molecular formula is C17H20N2O. The van der Waals surface area contributed by atoms with Gasteiger partial charge in [-0.2, -0.15) is 0 Å². The van der Waals surface area contributed by atoms with Crippen LogP contribution < -0.4 is 5.73 Å². The van der Waals surface area contributed by atoms with Crippen molar-refractivity contribution in [3.63, 3.8) is 0 Å². The normalized spacial score (nSPS) is 10.3.